The Balaban J connectivity index is 1.33. The van der Waals surface area contributed by atoms with Crippen LogP contribution in [0.4, 0.5) is 0 Å². The van der Waals surface area contributed by atoms with Crippen LogP contribution < -0.4 is 14.8 Å². The van der Waals surface area contributed by atoms with E-state index < -0.39 is 0 Å². The predicted molar refractivity (Wildman–Crippen MR) is 117 cm³/mol. The lowest BCUT2D eigenvalue weighted by Gasteiger charge is -2.36. The molecule has 0 radical (unpaired) electrons. The Labute approximate surface area is 183 Å². The average Bonchev–Trinajstić information content (AvgIpc) is 3.41. The fourth-order valence-electron chi connectivity index (χ4n) is 3.61. The summed E-state index contributed by atoms with van der Waals surface area (Å²) in [6.07, 6.45) is 0. The zero-order valence-corrected chi connectivity index (χ0v) is 18.8. The second-order valence-electron chi connectivity index (χ2n) is 8.89. The fraction of sp³-hybridized carbons (Fsp3) is 0.591. The number of ether oxygens (including phenoxy) is 2. The molecule has 0 atom stereocenters. The number of hydrogen-bond donors (Lipinski definition) is 1. The minimum atomic E-state index is -0.159. The number of nitrogens with one attached hydrogen (secondary N) is 1. The molecule has 168 valence electrons. The standard InChI is InChI=1S/C22H32N6O3/c1-5-23-21(24-13-19-25-20(31-26-19)22(2,3)4)28-10-8-27(9-11-28)14-16-6-7-17-18(12-16)30-15-29-17/h6-7,12H,5,8-11,13-15H2,1-4H3,(H,23,24). The molecule has 3 heterocycles. The molecule has 9 heteroatoms. The molecule has 0 unspecified atom stereocenters. The number of rotatable bonds is 5. The van der Waals surface area contributed by atoms with E-state index in [-0.39, 0.29) is 5.41 Å². The highest BCUT2D eigenvalue weighted by molar-refractivity contribution is 5.80. The predicted octanol–water partition coefficient (Wildman–Crippen LogP) is 2.38. The highest BCUT2D eigenvalue weighted by Crippen LogP contribution is 2.32. The van der Waals surface area contributed by atoms with E-state index in [9.17, 15) is 0 Å². The van der Waals surface area contributed by atoms with Gasteiger partial charge in [0.05, 0.1) is 0 Å². The van der Waals surface area contributed by atoms with E-state index >= 15 is 0 Å². The van der Waals surface area contributed by atoms with Crippen molar-refractivity contribution >= 4 is 5.96 Å². The number of aromatic nitrogens is 2. The summed E-state index contributed by atoms with van der Waals surface area (Å²) in [5.41, 5.74) is 1.08. The molecule has 1 N–H and O–H groups in total. The topological polar surface area (TPSA) is 88.2 Å². The van der Waals surface area contributed by atoms with Crippen LogP contribution in [0.3, 0.4) is 0 Å². The summed E-state index contributed by atoms with van der Waals surface area (Å²) in [4.78, 5) is 14.0. The van der Waals surface area contributed by atoms with Gasteiger partial charge in [0.2, 0.25) is 12.7 Å². The number of piperazine rings is 1. The van der Waals surface area contributed by atoms with Gasteiger partial charge < -0.3 is 24.2 Å². The van der Waals surface area contributed by atoms with Gasteiger partial charge in [0.1, 0.15) is 6.54 Å². The van der Waals surface area contributed by atoms with Gasteiger partial charge in [-0.3, -0.25) is 4.90 Å². The monoisotopic (exact) mass is 428 g/mol. The van der Waals surface area contributed by atoms with Crippen molar-refractivity contribution in [1.29, 1.82) is 0 Å². The Hall–Kier alpha value is -2.81. The number of fused-ring (bicyclic) bond motifs is 1. The lowest BCUT2D eigenvalue weighted by molar-refractivity contribution is 0.171. The summed E-state index contributed by atoms with van der Waals surface area (Å²) in [5, 5.41) is 7.47. The average molecular weight is 429 g/mol. The Kier molecular flexibility index (Phi) is 6.31. The van der Waals surface area contributed by atoms with Gasteiger partial charge in [-0.05, 0) is 24.6 Å². The zero-order valence-electron chi connectivity index (χ0n) is 18.8. The summed E-state index contributed by atoms with van der Waals surface area (Å²) in [5.74, 6) is 3.82. The highest BCUT2D eigenvalue weighted by Gasteiger charge is 2.23. The summed E-state index contributed by atoms with van der Waals surface area (Å²) in [6, 6.07) is 6.19. The second kappa shape index (κ2) is 9.13. The Morgan fingerprint density at radius 1 is 1.13 bits per heavy atom. The lowest BCUT2D eigenvalue weighted by Crippen LogP contribution is -2.52. The largest absolute Gasteiger partial charge is 0.454 e. The van der Waals surface area contributed by atoms with Crippen molar-refractivity contribution in [2.24, 2.45) is 4.99 Å². The van der Waals surface area contributed by atoms with Crippen molar-refractivity contribution in [2.75, 3.05) is 39.5 Å². The van der Waals surface area contributed by atoms with E-state index in [1.54, 1.807) is 0 Å². The van der Waals surface area contributed by atoms with E-state index in [1.807, 2.05) is 6.07 Å². The van der Waals surface area contributed by atoms with Crippen LogP contribution in [0.2, 0.25) is 0 Å². The van der Waals surface area contributed by atoms with Crippen molar-refractivity contribution in [3.8, 4) is 11.5 Å². The first-order chi connectivity index (χ1) is 14.9. The lowest BCUT2D eigenvalue weighted by atomic mass is 9.97. The minimum absolute atomic E-state index is 0.159. The van der Waals surface area contributed by atoms with E-state index in [4.69, 9.17) is 19.0 Å². The first-order valence-corrected chi connectivity index (χ1v) is 10.9. The molecule has 1 aromatic heterocycles. The normalized spacial score (nSPS) is 17.3. The first-order valence-electron chi connectivity index (χ1n) is 10.9. The van der Waals surface area contributed by atoms with Gasteiger partial charge in [0.15, 0.2) is 23.3 Å². The third-order valence-electron chi connectivity index (χ3n) is 5.33. The number of aliphatic imine (C=N–C) groups is 1. The third kappa shape index (κ3) is 5.28. The molecule has 2 aliphatic rings. The quantitative estimate of drug-likeness (QED) is 0.574. The maximum atomic E-state index is 5.50. The van der Waals surface area contributed by atoms with Gasteiger partial charge in [-0.2, -0.15) is 4.98 Å². The van der Waals surface area contributed by atoms with Crippen LogP contribution in [0.1, 0.15) is 45.0 Å². The van der Waals surface area contributed by atoms with Crippen molar-refractivity contribution in [3.05, 3.63) is 35.5 Å². The van der Waals surface area contributed by atoms with Crippen LogP contribution >= 0.6 is 0 Å². The molecule has 0 bridgehead atoms. The SMILES string of the molecule is CCNC(=NCc1noc(C(C)(C)C)n1)N1CCN(Cc2ccc3c(c2)OCO3)CC1. The molecule has 2 aliphatic heterocycles. The van der Waals surface area contributed by atoms with E-state index in [2.05, 4.69) is 65.1 Å². The molecule has 0 saturated carbocycles. The molecule has 1 aromatic carbocycles. The van der Waals surface area contributed by atoms with E-state index in [0.29, 0.717) is 25.1 Å². The van der Waals surface area contributed by atoms with Gasteiger partial charge in [-0.1, -0.05) is 32.0 Å². The second-order valence-corrected chi connectivity index (χ2v) is 8.89. The molecular formula is C22H32N6O3. The van der Waals surface area contributed by atoms with Gasteiger partial charge in [0, 0.05) is 44.7 Å². The molecule has 4 rings (SSSR count). The first kappa shape index (κ1) is 21.4. The van der Waals surface area contributed by atoms with Crippen molar-refractivity contribution in [2.45, 2.75) is 46.2 Å². The van der Waals surface area contributed by atoms with Crippen LogP contribution in [0.25, 0.3) is 0 Å². The van der Waals surface area contributed by atoms with E-state index in [1.165, 1.54) is 5.56 Å². The maximum Gasteiger partial charge on any atom is 0.232 e. The molecule has 0 spiro atoms. The molecule has 0 amide bonds. The van der Waals surface area contributed by atoms with Crippen molar-refractivity contribution in [3.63, 3.8) is 0 Å². The highest BCUT2D eigenvalue weighted by atomic mass is 16.7. The number of benzene rings is 1. The Bertz CT molecular complexity index is 912. The van der Waals surface area contributed by atoms with Crippen LogP contribution in [0.5, 0.6) is 11.5 Å². The van der Waals surface area contributed by atoms with Crippen molar-refractivity contribution < 1.29 is 14.0 Å². The number of nitrogens with zero attached hydrogens (tertiary/aromatic N) is 5. The molecule has 1 saturated heterocycles. The van der Waals surface area contributed by atoms with Crippen molar-refractivity contribution in [1.82, 2.24) is 25.3 Å². The van der Waals surface area contributed by atoms with Gasteiger partial charge >= 0.3 is 0 Å². The molecule has 31 heavy (non-hydrogen) atoms. The number of hydrogen-bond acceptors (Lipinski definition) is 7. The summed E-state index contributed by atoms with van der Waals surface area (Å²) >= 11 is 0. The molecule has 2 aromatic rings. The third-order valence-corrected chi connectivity index (χ3v) is 5.33. The zero-order chi connectivity index (χ0) is 21.8. The van der Waals surface area contributed by atoms with Crippen LogP contribution in [-0.4, -0.2) is 65.4 Å². The maximum absolute atomic E-state index is 5.50. The fourth-order valence-corrected chi connectivity index (χ4v) is 3.61. The van der Waals surface area contributed by atoms with E-state index in [0.717, 1.165) is 56.7 Å². The van der Waals surface area contributed by atoms with Gasteiger partial charge in [-0.25, -0.2) is 4.99 Å². The van der Waals surface area contributed by atoms with Crippen LogP contribution in [0, 0.1) is 0 Å². The summed E-state index contributed by atoms with van der Waals surface area (Å²) < 4.78 is 16.3. The molecular weight excluding hydrogens is 396 g/mol. The Morgan fingerprint density at radius 3 is 2.61 bits per heavy atom. The smallest absolute Gasteiger partial charge is 0.232 e. The molecule has 1 fully saturated rings. The van der Waals surface area contributed by atoms with Crippen LogP contribution in [-0.2, 0) is 18.5 Å². The Morgan fingerprint density at radius 2 is 1.90 bits per heavy atom. The molecule has 9 nitrogen and oxygen atoms in total. The minimum Gasteiger partial charge on any atom is -0.454 e. The number of guanidine groups is 1. The molecule has 0 aliphatic carbocycles. The summed E-state index contributed by atoms with van der Waals surface area (Å²) in [6.45, 7) is 14.4. The van der Waals surface area contributed by atoms with Crippen LogP contribution in [0.15, 0.2) is 27.7 Å². The van der Waals surface area contributed by atoms with Gasteiger partial charge in [-0.15, -0.1) is 0 Å². The van der Waals surface area contributed by atoms with Gasteiger partial charge in [0.25, 0.3) is 0 Å². The summed E-state index contributed by atoms with van der Waals surface area (Å²) in [7, 11) is 0.